The molecule has 1 amide bonds. The predicted molar refractivity (Wildman–Crippen MR) is 232 cm³/mol. The molecule has 0 spiro atoms. The molecule has 59 heavy (non-hydrogen) atoms. The van der Waals surface area contributed by atoms with Crippen molar-refractivity contribution in [2.45, 2.75) is 119 Å². The lowest BCUT2D eigenvalue weighted by Gasteiger charge is -2.39. The van der Waals surface area contributed by atoms with Crippen LogP contribution in [-0.2, 0) is 33.5 Å². The summed E-state index contributed by atoms with van der Waals surface area (Å²) in [5, 5.41) is 36.1. The molecule has 0 saturated carbocycles. The van der Waals surface area contributed by atoms with Crippen LogP contribution >= 0.6 is 0 Å². The molecule has 4 N–H and O–H groups in total. The maximum atomic E-state index is 13.6. The van der Waals surface area contributed by atoms with E-state index >= 15 is 0 Å². The van der Waals surface area contributed by atoms with Gasteiger partial charge >= 0.3 is 17.9 Å². The van der Waals surface area contributed by atoms with E-state index in [2.05, 4.69) is 44.5 Å². The Balaban J connectivity index is -0.00000229. The van der Waals surface area contributed by atoms with Crippen LogP contribution < -0.4 is 0 Å². The molecule has 0 aromatic carbocycles. The van der Waals surface area contributed by atoms with E-state index in [0.717, 1.165) is 32.2 Å². The Morgan fingerprint density at radius 1 is 0.746 bits per heavy atom. The topological polar surface area (TPSA) is 212 Å². The van der Waals surface area contributed by atoms with Gasteiger partial charge in [-0.3, -0.25) is 38.7 Å². The van der Waals surface area contributed by atoms with Crippen LogP contribution in [0.1, 0.15) is 108 Å². The molecule has 1 rings (SSSR count). The van der Waals surface area contributed by atoms with Gasteiger partial charge in [0.2, 0.25) is 5.91 Å². The maximum absolute atomic E-state index is 13.6. The van der Waals surface area contributed by atoms with E-state index in [0.29, 0.717) is 78.7 Å². The lowest BCUT2D eigenvalue weighted by atomic mass is 9.94. The predicted octanol–water partition coefficient (Wildman–Crippen LogP) is 3.74. The molecule has 0 aliphatic carbocycles. The highest BCUT2D eigenvalue weighted by molar-refractivity contribution is 5.79. The molecule has 0 aromatic rings. The molecular formula is C42H84N6O11. The number of carboxylic acids is 3. The van der Waals surface area contributed by atoms with Gasteiger partial charge in [0, 0.05) is 83.7 Å². The minimum atomic E-state index is -1.02. The zero-order chi connectivity index (χ0) is 46.0. The summed E-state index contributed by atoms with van der Waals surface area (Å²) in [6, 6.07) is -0.926. The number of carbonyl (C=O) groups excluding carboxylic acids is 2. The van der Waals surface area contributed by atoms with Gasteiger partial charge in [0.1, 0.15) is 12.3 Å². The number of unbranched alkanes of at least 4 members (excludes halogenated alkanes) is 3. The van der Waals surface area contributed by atoms with Crippen molar-refractivity contribution in [1.82, 2.24) is 29.4 Å². The second-order valence-electron chi connectivity index (χ2n) is 15.9. The van der Waals surface area contributed by atoms with Crippen molar-refractivity contribution >= 4 is 36.6 Å². The molecule has 1 saturated heterocycles. The van der Waals surface area contributed by atoms with Crippen LogP contribution in [0.4, 0.5) is 0 Å². The Hall–Kier alpha value is -3.22. The highest BCUT2D eigenvalue weighted by Crippen LogP contribution is 2.22. The largest absolute Gasteiger partial charge is 0.483 e. The van der Waals surface area contributed by atoms with E-state index in [1.54, 1.807) is 9.80 Å². The van der Waals surface area contributed by atoms with Crippen molar-refractivity contribution in [2.24, 2.45) is 5.41 Å². The molecule has 1 aliphatic rings. The summed E-state index contributed by atoms with van der Waals surface area (Å²) in [7, 11) is 2.08. The average molecular weight is 849 g/mol. The average Bonchev–Trinajstić information content (AvgIpc) is 3.15. The smallest absolute Gasteiger partial charge is 0.320 e. The monoisotopic (exact) mass is 849 g/mol. The Kier molecular flexibility index (Phi) is 36.2. The molecule has 1 fully saturated rings. The number of aliphatic carboxylic acids is 3. The molecule has 17 heteroatoms. The summed E-state index contributed by atoms with van der Waals surface area (Å²) in [6.45, 7) is 27.1. The number of hydrogen-bond donors (Lipinski definition) is 4. The number of nitrogens with zero attached hydrogens (tertiary/aromatic N) is 6. The Labute approximate surface area is 356 Å². The number of rotatable bonds is 23. The first-order valence-corrected chi connectivity index (χ1v) is 21.4. The van der Waals surface area contributed by atoms with Crippen LogP contribution in [0.3, 0.4) is 0 Å². The fraction of sp³-hybridized carbons (Fsp3) is 0.857. The van der Waals surface area contributed by atoms with Gasteiger partial charge in [-0.2, -0.15) is 0 Å². The number of hydrogen-bond acceptors (Lipinski definition) is 12. The molecule has 348 valence electrons. The second-order valence-corrected chi connectivity index (χ2v) is 15.9. The fourth-order valence-electron chi connectivity index (χ4n) is 6.70. The minimum Gasteiger partial charge on any atom is -0.483 e. The van der Waals surface area contributed by atoms with E-state index in [9.17, 15) is 39.3 Å². The Morgan fingerprint density at radius 3 is 1.63 bits per heavy atom. The minimum absolute atomic E-state index is 0.0517. The first kappa shape index (κ1) is 60.1. The Bertz CT molecular complexity index is 1140. The van der Waals surface area contributed by atoms with Gasteiger partial charge in [0.25, 0.3) is 6.47 Å². The number of amides is 1. The van der Waals surface area contributed by atoms with E-state index in [4.69, 9.17) is 14.6 Å². The van der Waals surface area contributed by atoms with Crippen LogP contribution in [-0.4, -0.2) is 210 Å². The fourth-order valence-corrected chi connectivity index (χ4v) is 6.70. The number of aldehydes is 1. The molecular weight excluding hydrogens is 764 g/mol. The molecule has 1 aliphatic heterocycles. The maximum Gasteiger partial charge on any atom is 0.320 e. The summed E-state index contributed by atoms with van der Waals surface area (Å²) >= 11 is 0. The molecule has 0 radical (unpaired) electrons. The first-order valence-electron chi connectivity index (χ1n) is 21.4. The summed E-state index contributed by atoms with van der Waals surface area (Å²) in [5.41, 5.74) is -0.637. The van der Waals surface area contributed by atoms with E-state index < -0.39 is 29.5 Å². The third kappa shape index (κ3) is 30.5. The Morgan fingerprint density at radius 2 is 1.22 bits per heavy atom. The van der Waals surface area contributed by atoms with Gasteiger partial charge in [-0.05, 0) is 53.8 Å². The third-order valence-electron chi connectivity index (χ3n) is 9.85. The lowest BCUT2D eigenvalue weighted by molar-refractivity contribution is -0.146. The molecule has 1 atom stereocenters. The van der Waals surface area contributed by atoms with Gasteiger partial charge in [-0.15, -0.1) is 0 Å². The van der Waals surface area contributed by atoms with Crippen LogP contribution in [0.5, 0.6) is 0 Å². The number of carboxylic acid groups (broad SMARTS) is 4. The standard InChI is InChI=1S/C33H64N6O8.C6H12O.C2H6.CH2O2/c1-9-34(8)24-32(4,5)25-47-26-33(6,7)39(11-3)28(40)13-12-27(31(45)46)38-20-18-35(10-2)14-15-36(22-29(41)42)16-17-37(19-21-38)23-30(43)44;1-2-3-4-5-6-7;1-2;2-1-3/h27H,9-26H2,1-8H3,(H,41,42)(H,43,44)(H,45,46);6H,2-5H2,1H3;1-2H3;1H,(H,2,3). The van der Waals surface area contributed by atoms with Crippen molar-refractivity contribution in [3.05, 3.63) is 0 Å². The zero-order valence-corrected chi connectivity index (χ0v) is 38.6. The highest BCUT2D eigenvalue weighted by Gasteiger charge is 2.33. The van der Waals surface area contributed by atoms with Crippen molar-refractivity contribution in [2.75, 3.05) is 112 Å². The SMILES string of the molecule is CC.CCCCCC=O.CCN(C)CC(C)(C)COCC(C)(C)N(CC)C(=O)CCC(C(=O)O)N1CCN(CC)CCN(CC(=O)O)CCN(CC(=O)O)CC1.O=CO. The van der Waals surface area contributed by atoms with Gasteiger partial charge in [-0.25, -0.2) is 0 Å². The summed E-state index contributed by atoms with van der Waals surface area (Å²) < 4.78 is 6.15. The normalized spacial score (nSPS) is 15.7. The summed E-state index contributed by atoms with van der Waals surface area (Å²) in [4.78, 5) is 78.8. The van der Waals surface area contributed by atoms with Gasteiger partial charge in [-0.1, -0.05) is 61.3 Å². The van der Waals surface area contributed by atoms with Crippen molar-refractivity contribution in [1.29, 1.82) is 0 Å². The van der Waals surface area contributed by atoms with Crippen LogP contribution in [0, 0.1) is 5.41 Å². The van der Waals surface area contributed by atoms with Gasteiger partial charge in [0.05, 0.1) is 31.8 Å². The number of likely N-dealkylation sites (N-methyl/N-ethyl adjacent to an activating group) is 2. The van der Waals surface area contributed by atoms with Gasteiger partial charge < -0.3 is 44.7 Å². The van der Waals surface area contributed by atoms with Crippen LogP contribution in [0.15, 0.2) is 0 Å². The quantitative estimate of drug-likeness (QED) is 0.0852. The highest BCUT2D eigenvalue weighted by atomic mass is 16.5. The summed E-state index contributed by atoms with van der Waals surface area (Å²) in [5.74, 6) is -3.09. The van der Waals surface area contributed by atoms with Crippen LogP contribution in [0.2, 0.25) is 0 Å². The molecule has 1 heterocycles. The lowest BCUT2D eigenvalue weighted by Crippen LogP contribution is -2.53. The molecule has 17 nitrogen and oxygen atoms in total. The van der Waals surface area contributed by atoms with E-state index in [1.165, 1.54) is 12.8 Å². The van der Waals surface area contributed by atoms with Gasteiger partial charge in [0.15, 0.2) is 0 Å². The molecule has 1 unspecified atom stereocenters. The summed E-state index contributed by atoms with van der Waals surface area (Å²) in [6.07, 6.45) is 5.36. The first-order chi connectivity index (χ1) is 27.8. The number of ether oxygens (including phenoxy) is 1. The van der Waals surface area contributed by atoms with Crippen molar-refractivity contribution < 1.29 is 53.9 Å². The van der Waals surface area contributed by atoms with E-state index in [-0.39, 0.29) is 43.7 Å². The van der Waals surface area contributed by atoms with Crippen molar-refractivity contribution in [3.8, 4) is 0 Å². The molecule has 0 bridgehead atoms. The van der Waals surface area contributed by atoms with Crippen molar-refractivity contribution in [3.63, 3.8) is 0 Å². The number of carbonyl (C=O) groups is 6. The second kappa shape index (κ2) is 35.5. The van der Waals surface area contributed by atoms with Crippen LogP contribution in [0.25, 0.3) is 0 Å². The molecule has 0 aromatic heterocycles. The third-order valence-corrected chi connectivity index (χ3v) is 9.85. The zero-order valence-electron chi connectivity index (χ0n) is 38.6. The van der Waals surface area contributed by atoms with E-state index in [1.807, 2.05) is 51.3 Å².